The summed E-state index contributed by atoms with van der Waals surface area (Å²) >= 11 is 3.32. The van der Waals surface area contributed by atoms with E-state index in [1.54, 1.807) is 10.7 Å². The Morgan fingerprint density at radius 1 is 1.43 bits per heavy atom. The van der Waals surface area contributed by atoms with Crippen LogP contribution in [0.4, 0.5) is 5.13 Å². The minimum atomic E-state index is 0.0199. The molecule has 23 heavy (non-hydrogen) atoms. The van der Waals surface area contributed by atoms with Crippen molar-refractivity contribution >= 4 is 28.4 Å². The third-order valence-electron chi connectivity index (χ3n) is 4.43. The minimum Gasteiger partial charge on any atom is -0.342 e. The summed E-state index contributed by atoms with van der Waals surface area (Å²) in [4.78, 5) is 19.2. The lowest BCUT2D eigenvalue weighted by Crippen LogP contribution is -2.37. The van der Waals surface area contributed by atoms with Gasteiger partial charge in [0.05, 0.1) is 18.3 Å². The molecule has 8 heteroatoms. The van der Waals surface area contributed by atoms with E-state index in [1.807, 2.05) is 18.7 Å². The van der Waals surface area contributed by atoms with Gasteiger partial charge in [0.15, 0.2) is 0 Å². The van der Waals surface area contributed by atoms with E-state index in [-0.39, 0.29) is 11.6 Å². The molecule has 4 heterocycles. The Morgan fingerprint density at radius 2 is 2.35 bits per heavy atom. The second-order valence-corrected chi connectivity index (χ2v) is 7.89. The fourth-order valence-electron chi connectivity index (χ4n) is 3.26. The highest BCUT2D eigenvalue weighted by molar-refractivity contribution is 7.98. The Balaban J connectivity index is 1.58. The Labute approximate surface area is 143 Å². The number of hydrogen-bond acceptors (Lipinski definition) is 7. The summed E-state index contributed by atoms with van der Waals surface area (Å²) in [6, 6.07) is 2.06. The zero-order chi connectivity index (χ0) is 15.8. The Bertz CT molecular complexity index is 771. The lowest BCUT2D eigenvalue weighted by Gasteiger charge is -2.24. The molecular formula is C15H19N5OS2. The zero-order valence-corrected chi connectivity index (χ0v) is 14.7. The number of aryl methyl sites for hydroxylation is 2. The van der Waals surface area contributed by atoms with E-state index in [9.17, 15) is 4.79 Å². The number of hydrogen-bond donors (Lipinski definition) is 0. The van der Waals surface area contributed by atoms with Gasteiger partial charge in [0.2, 0.25) is 5.13 Å². The number of thioether (sulfide) groups is 1. The molecule has 0 N–H and O–H groups in total. The molecule has 0 bridgehead atoms. The van der Waals surface area contributed by atoms with Crippen LogP contribution in [0, 0.1) is 6.92 Å². The molecule has 0 saturated carbocycles. The average Bonchev–Trinajstić information content (AvgIpc) is 3.16. The molecule has 2 aliphatic heterocycles. The standard InChI is InChI=1S/C15H19N5OS2/c1-10-16-15(23-18-10)19-5-2-3-12(19)8-20-14(21)7-11-9-22-6-4-13(11)17-20/h7,12H,2-6,8-9H2,1H3. The van der Waals surface area contributed by atoms with E-state index in [0.29, 0.717) is 6.54 Å². The van der Waals surface area contributed by atoms with Gasteiger partial charge in [0.1, 0.15) is 5.82 Å². The second-order valence-electron chi connectivity index (χ2n) is 6.05. The van der Waals surface area contributed by atoms with E-state index in [2.05, 4.69) is 19.4 Å². The molecule has 1 atom stereocenters. The molecule has 0 amide bonds. The molecule has 0 aliphatic carbocycles. The molecule has 0 aromatic carbocycles. The van der Waals surface area contributed by atoms with Crippen molar-refractivity contribution in [2.75, 3.05) is 17.2 Å². The molecule has 1 unspecified atom stereocenters. The molecule has 1 fully saturated rings. The number of fused-ring (bicyclic) bond motifs is 1. The van der Waals surface area contributed by atoms with Crippen LogP contribution in [0.5, 0.6) is 0 Å². The summed E-state index contributed by atoms with van der Waals surface area (Å²) in [5, 5.41) is 5.61. The van der Waals surface area contributed by atoms with Crippen molar-refractivity contribution in [3.8, 4) is 0 Å². The topological polar surface area (TPSA) is 63.9 Å². The van der Waals surface area contributed by atoms with Crippen molar-refractivity contribution in [2.24, 2.45) is 0 Å². The van der Waals surface area contributed by atoms with Crippen LogP contribution < -0.4 is 10.5 Å². The van der Waals surface area contributed by atoms with Gasteiger partial charge in [-0.1, -0.05) is 0 Å². The normalized spacial score (nSPS) is 20.7. The fraction of sp³-hybridized carbons (Fsp3) is 0.600. The fourth-order valence-corrected chi connectivity index (χ4v) is 4.99. The summed E-state index contributed by atoms with van der Waals surface area (Å²) in [5.74, 6) is 2.83. The van der Waals surface area contributed by atoms with Crippen LogP contribution in [-0.2, 0) is 18.7 Å². The van der Waals surface area contributed by atoms with Crippen molar-refractivity contribution in [3.05, 3.63) is 33.5 Å². The highest BCUT2D eigenvalue weighted by atomic mass is 32.2. The van der Waals surface area contributed by atoms with Crippen LogP contribution in [0.3, 0.4) is 0 Å². The van der Waals surface area contributed by atoms with E-state index < -0.39 is 0 Å². The summed E-state index contributed by atoms with van der Waals surface area (Å²) in [7, 11) is 0. The van der Waals surface area contributed by atoms with E-state index in [4.69, 9.17) is 0 Å². The first-order chi connectivity index (χ1) is 11.2. The van der Waals surface area contributed by atoms with Gasteiger partial charge in [-0.15, -0.1) is 0 Å². The first-order valence-electron chi connectivity index (χ1n) is 7.95. The van der Waals surface area contributed by atoms with E-state index in [0.717, 1.165) is 59.5 Å². The monoisotopic (exact) mass is 349 g/mol. The molecular weight excluding hydrogens is 330 g/mol. The highest BCUT2D eigenvalue weighted by Crippen LogP contribution is 2.28. The molecule has 2 aliphatic rings. The maximum Gasteiger partial charge on any atom is 0.267 e. The SMILES string of the molecule is Cc1nsc(N2CCCC2Cn2nc3c(cc2=O)CSCC3)n1. The molecule has 1 saturated heterocycles. The molecule has 2 aromatic rings. The molecule has 2 aromatic heterocycles. The van der Waals surface area contributed by atoms with Gasteiger partial charge in [-0.05, 0) is 31.1 Å². The minimum absolute atomic E-state index is 0.0199. The smallest absolute Gasteiger partial charge is 0.267 e. The highest BCUT2D eigenvalue weighted by Gasteiger charge is 2.28. The Morgan fingerprint density at radius 3 is 3.17 bits per heavy atom. The van der Waals surface area contributed by atoms with E-state index >= 15 is 0 Å². The van der Waals surface area contributed by atoms with E-state index in [1.165, 1.54) is 11.5 Å². The van der Waals surface area contributed by atoms with Crippen molar-refractivity contribution in [2.45, 2.75) is 44.5 Å². The van der Waals surface area contributed by atoms with Gasteiger partial charge in [-0.25, -0.2) is 9.67 Å². The van der Waals surface area contributed by atoms with Crippen LogP contribution >= 0.6 is 23.3 Å². The van der Waals surface area contributed by atoms with Crippen molar-refractivity contribution in [1.29, 1.82) is 0 Å². The van der Waals surface area contributed by atoms with Crippen LogP contribution in [0.25, 0.3) is 0 Å². The van der Waals surface area contributed by atoms with Crippen molar-refractivity contribution < 1.29 is 0 Å². The Hall–Kier alpha value is -1.41. The number of rotatable bonds is 3. The largest absolute Gasteiger partial charge is 0.342 e. The van der Waals surface area contributed by atoms with Crippen LogP contribution in [-0.4, -0.2) is 37.5 Å². The summed E-state index contributed by atoms with van der Waals surface area (Å²) in [5.41, 5.74) is 2.23. The van der Waals surface area contributed by atoms with Gasteiger partial charge in [0.25, 0.3) is 5.56 Å². The van der Waals surface area contributed by atoms with Crippen LogP contribution in [0.2, 0.25) is 0 Å². The summed E-state index contributed by atoms with van der Waals surface area (Å²) in [6.07, 6.45) is 3.16. The lowest BCUT2D eigenvalue weighted by molar-refractivity contribution is 0.481. The van der Waals surface area contributed by atoms with Gasteiger partial charge in [-0.3, -0.25) is 4.79 Å². The maximum absolute atomic E-state index is 12.4. The van der Waals surface area contributed by atoms with Crippen molar-refractivity contribution in [1.82, 2.24) is 19.1 Å². The molecule has 0 radical (unpaired) electrons. The summed E-state index contributed by atoms with van der Waals surface area (Å²) in [6.45, 7) is 3.53. The maximum atomic E-state index is 12.4. The first kappa shape index (κ1) is 15.1. The first-order valence-corrected chi connectivity index (χ1v) is 9.88. The van der Waals surface area contributed by atoms with Gasteiger partial charge < -0.3 is 4.90 Å². The zero-order valence-electron chi connectivity index (χ0n) is 13.1. The average molecular weight is 349 g/mol. The van der Waals surface area contributed by atoms with Crippen molar-refractivity contribution in [3.63, 3.8) is 0 Å². The predicted octanol–water partition coefficient (Wildman–Crippen LogP) is 1.86. The summed E-state index contributed by atoms with van der Waals surface area (Å²) < 4.78 is 5.94. The van der Waals surface area contributed by atoms with Crippen LogP contribution in [0.1, 0.15) is 29.9 Å². The molecule has 4 rings (SSSR count). The quantitative estimate of drug-likeness (QED) is 0.843. The lowest BCUT2D eigenvalue weighted by atomic mass is 10.2. The molecule has 122 valence electrons. The number of anilines is 1. The molecule has 0 spiro atoms. The third kappa shape index (κ3) is 3.01. The van der Waals surface area contributed by atoms with Gasteiger partial charge >= 0.3 is 0 Å². The third-order valence-corrected chi connectivity index (χ3v) is 6.28. The van der Waals surface area contributed by atoms with Gasteiger partial charge in [0, 0.05) is 36.3 Å². The number of nitrogens with zero attached hydrogens (tertiary/aromatic N) is 5. The molecule has 6 nitrogen and oxygen atoms in total. The van der Waals surface area contributed by atoms with Gasteiger partial charge in [-0.2, -0.15) is 21.2 Å². The van der Waals surface area contributed by atoms with Crippen LogP contribution in [0.15, 0.2) is 10.9 Å². The number of aromatic nitrogens is 4. The second kappa shape index (κ2) is 6.24. The Kier molecular flexibility index (Phi) is 4.11. The predicted molar refractivity (Wildman–Crippen MR) is 93.4 cm³/mol.